The van der Waals surface area contributed by atoms with Crippen LogP contribution in [0.4, 0.5) is 0 Å². The highest BCUT2D eigenvalue weighted by molar-refractivity contribution is 4.93. The number of nitrogens with one attached hydrogen (secondary N) is 1. The van der Waals surface area contributed by atoms with Gasteiger partial charge in [0.25, 0.3) is 0 Å². The second-order valence-corrected chi connectivity index (χ2v) is 8.32. The van der Waals surface area contributed by atoms with Crippen LogP contribution in [0.1, 0.15) is 77.6 Å². The summed E-state index contributed by atoms with van der Waals surface area (Å²) in [6, 6.07) is 0. The maximum absolute atomic E-state index is 3.67. The molecule has 2 nitrogen and oxygen atoms in total. The van der Waals surface area contributed by atoms with Crippen molar-refractivity contribution < 1.29 is 0 Å². The van der Waals surface area contributed by atoms with E-state index in [0.717, 1.165) is 12.0 Å². The molecule has 0 aromatic carbocycles. The van der Waals surface area contributed by atoms with E-state index >= 15 is 0 Å². The van der Waals surface area contributed by atoms with Crippen LogP contribution in [0.2, 0.25) is 0 Å². The van der Waals surface area contributed by atoms with Gasteiger partial charge < -0.3 is 10.2 Å². The maximum atomic E-state index is 3.67. The molecule has 122 valence electrons. The van der Waals surface area contributed by atoms with E-state index in [2.05, 4.69) is 17.1 Å². The average molecular weight is 293 g/mol. The minimum atomic E-state index is 0.592. The molecule has 0 unspecified atom stereocenters. The van der Waals surface area contributed by atoms with Crippen molar-refractivity contribution in [3.05, 3.63) is 0 Å². The molecule has 2 heteroatoms. The van der Waals surface area contributed by atoms with Crippen molar-refractivity contribution in [1.82, 2.24) is 10.2 Å². The Balaban J connectivity index is 1.53. The van der Waals surface area contributed by atoms with Crippen molar-refractivity contribution in [2.45, 2.75) is 77.6 Å². The fraction of sp³-hybridized carbons (Fsp3) is 1.00. The molecule has 21 heavy (non-hydrogen) atoms. The van der Waals surface area contributed by atoms with Crippen molar-refractivity contribution in [1.29, 1.82) is 0 Å². The molecule has 0 aromatic heterocycles. The van der Waals surface area contributed by atoms with Gasteiger partial charge in [0.2, 0.25) is 0 Å². The normalized spacial score (nSPS) is 29.0. The molecule has 1 saturated heterocycles. The molecule has 0 bridgehead atoms. The standard InChI is InChI=1S/C19H36N2/c1-2-20-16-19(10-4-3-5-11-19)17-21-14-12-18(13-15-21)8-6-7-9-18/h20H,2-17H2,1H3. The van der Waals surface area contributed by atoms with Crippen LogP contribution in [-0.4, -0.2) is 37.6 Å². The first-order valence-electron chi connectivity index (χ1n) is 9.69. The Kier molecular flexibility index (Phi) is 5.27. The Hall–Kier alpha value is -0.0800. The molecule has 3 rings (SSSR count). The molecule has 0 aromatic rings. The highest BCUT2D eigenvalue weighted by atomic mass is 15.1. The first kappa shape index (κ1) is 15.8. The zero-order valence-corrected chi connectivity index (χ0v) is 14.3. The van der Waals surface area contributed by atoms with Crippen molar-refractivity contribution in [3.8, 4) is 0 Å². The van der Waals surface area contributed by atoms with E-state index in [0.29, 0.717) is 5.41 Å². The first-order valence-corrected chi connectivity index (χ1v) is 9.69. The van der Waals surface area contributed by atoms with E-state index < -0.39 is 0 Å². The molecule has 2 aliphatic carbocycles. The minimum absolute atomic E-state index is 0.592. The van der Waals surface area contributed by atoms with Gasteiger partial charge >= 0.3 is 0 Å². The predicted molar refractivity (Wildman–Crippen MR) is 90.6 cm³/mol. The Morgan fingerprint density at radius 2 is 1.43 bits per heavy atom. The SMILES string of the molecule is CCNCC1(CN2CCC3(CCCC3)CC2)CCCCC1. The molecule has 0 radical (unpaired) electrons. The van der Waals surface area contributed by atoms with Crippen molar-refractivity contribution in [2.24, 2.45) is 10.8 Å². The maximum Gasteiger partial charge on any atom is 0.00501 e. The summed E-state index contributed by atoms with van der Waals surface area (Å²) in [5.74, 6) is 0. The van der Waals surface area contributed by atoms with Gasteiger partial charge in [-0.05, 0) is 69.0 Å². The van der Waals surface area contributed by atoms with Crippen molar-refractivity contribution in [3.63, 3.8) is 0 Å². The largest absolute Gasteiger partial charge is 0.316 e. The molecular weight excluding hydrogens is 256 g/mol. The zero-order valence-electron chi connectivity index (χ0n) is 14.3. The highest BCUT2D eigenvalue weighted by Gasteiger charge is 2.39. The van der Waals surface area contributed by atoms with Crippen molar-refractivity contribution in [2.75, 3.05) is 32.7 Å². The summed E-state index contributed by atoms with van der Waals surface area (Å²) in [4.78, 5) is 2.83. The second-order valence-electron chi connectivity index (χ2n) is 8.32. The van der Waals surface area contributed by atoms with Gasteiger partial charge in [0.1, 0.15) is 0 Å². The lowest BCUT2D eigenvalue weighted by Crippen LogP contribution is -2.48. The molecule has 0 amide bonds. The number of likely N-dealkylation sites (tertiary alicyclic amines) is 1. The average Bonchev–Trinajstić information content (AvgIpc) is 2.97. The summed E-state index contributed by atoms with van der Waals surface area (Å²) in [6.07, 6.45) is 16.4. The smallest absolute Gasteiger partial charge is 0.00501 e. The summed E-state index contributed by atoms with van der Waals surface area (Å²) < 4.78 is 0. The van der Waals surface area contributed by atoms with E-state index in [-0.39, 0.29) is 0 Å². The molecule has 2 saturated carbocycles. The quantitative estimate of drug-likeness (QED) is 0.817. The van der Waals surface area contributed by atoms with Gasteiger partial charge in [-0.2, -0.15) is 0 Å². The first-order chi connectivity index (χ1) is 10.3. The van der Waals surface area contributed by atoms with Gasteiger partial charge in [0, 0.05) is 13.1 Å². The van der Waals surface area contributed by atoms with Crippen LogP contribution < -0.4 is 5.32 Å². The minimum Gasteiger partial charge on any atom is -0.316 e. The van der Waals surface area contributed by atoms with Crippen LogP contribution >= 0.6 is 0 Å². The van der Waals surface area contributed by atoms with Gasteiger partial charge in [-0.1, -0.05) is 39.0 Å². The van der Waals surface area contributed by atoms with E-state index in [1.165, 1.54) is 96.8 Å². The summed E-state index contributed by atoms with van der Waals surface area (Å²) in [6.45, 7) is 8.77. The monoisotopic (exact) mass is 292 g/mol. The summed E-state index contributed by atoms with van der Waals surface area (Å²) in [5.41, 5.74) is 1.37. The molecule has 1 spiro atoms. The van der Waals surface area contributed by atoms with Crippen LogP contribution in [0.3, 0.4) is 0 Å². The van der Waals surface area contributed by atoms with Gasteiger partial charge in [0.15, 0.2) is 0 Å². The Bertz CT molecular complexity index is 304. The predicted octanol–water partition coefficient (Wildman–Crippen LogP) is 4.20. The van der Waals surface area contributed by atoms with E-state index in [1.807, 2.05) is 0 Å². The summed E-state index contributed by atoms with van der Waals surface area (Å²) in [7, 11) is 0. The van der Waals surface area contributed by atoms with Gasteiger partial charge in [-0.25, -0.2) is 0 Å². The second kappa shape index (κ2) is 7.00. The fourth-order valence-electron chi connectivity index (χ4n) is 5.37. The third-order valence-electron chi connectivity index (χ3n) is 6.80. The highest BCUT2D eigenvalue weighted by Crippen LogP contribution is 2.47. The third-order valence-corrected chi connectivity index (χ3v) is 6.80. The lowest BCUT2D eigenvalue weighted by Gasteiger charge is -2.46. The molecule has 1 heterocycles. The number of rotatable bonds is 5. The van der Waals surface area contributed by atoms with Crippen LogP contribution in [0.15, 0.2) is 0 Å². The van der Waals surface area contributed by atoms with Gasteiger partial charge in [-0.15, -0.1) is 0 Å². The summed E-state index contributed by atoms with van der Waals surface area (Å²) in [5, 5.41) is 3.67. The molecular formula is C19H36N2. The lowest BCUT2D eigenvalue weighted by atomic mass is 9.72. The molecule has 0 atom stereocenters. The number of piperidine rings is 1. The van der Waals surface area contributed by atoms with Crippen LogP contribution in [0.5, 0.6) is 0 Å². The van der Waals surface area contributed by atoms with Crippen molar-refractivity contribution >= 4 is 0 Å². The Morgan fingerprint density at radius 1 is 0.810 bits per heavy atom. The number of hydrogen-bond acceptors (Lipinski definition) is 2. The van der Waals surface area contributed by atoms with Gasteiger partial charge in [-0.3, -0.25) is 0 Å². The molecule has 1 N–H and O–H groups in total. The lowest BCUT2D eigenvalue weighted by molar-refractivity contribution is 0.0499. The topological polar surface area (TPSA) is 15.3 Å². The summed E-state index contributed by atoms with van der Waals surface area (Å²) >= 11 is 0. The Labute approximate surface area is 132 Å². The van der Waals surface area contributed by atoms with Crippen LogP contribution in [0, 0.1) is 10.8 Å². The third kappa shape index (κ3) is 3.82. The van der Waals surface area contributed by atoms with E-state index in [9.17, 15) is 0 Å². The van der Waals surface area contributed by atoms with E-state index in [4.69, 9.17) is 0 Å². The molecule has 3 fully saturated rings. The van der Waals surface area contributed by atoms with Gasteiger partial charge in [0.05, 0.1) is 0 Å². The molecule has 3 aliphatic rings. The zero-order chi connectivity index (χ0) is 14.6. The van der Waals surface area contributed by atoms with Crippen LogP contribution in [-0.2, 0) is 0 Å². The Morgan fingerprint density at radius 3 is 2.05 bits per heavy atom. The van der Waals surface area contributed by atoms with E-state index in [1.54, 1.807) is 0 Å². The number of hydrogen-bond donors (Lipinski definition) is 1. The molecule has 1 aliphatic heterocycles. The fourth-order valence-corrected chi connectivity index (χ4v) is 5.37. The number of nitrogens with zero attached hydrogens (tertiary/aromatic N) is 1. The van der Waals surface area contributed by atoms with Crippen LogP contribution in [0.25, 0.3) is 0 Å².